The van der Waals surface area contributed by atoms with Gasteiger partial charge in [-0.05, 0) is 20.4 Å². The molecule has 0 spiro atoms. The van der Waals surface area contributed by atoms with Gasteiger partial charge in [0.15, 0.2) is 5.82 Å². The van der Waals surface area contributed by atoms with Crippen LogP contribution < -0.4 is 5.32 Å². The predicted molar refractivity (Wildman–Crippen MR) is 101 cm³/mol. The second-order valence-electron chi connectivity index (χ2n) is 6.98. The second kappa shape index (κ2) is 8.91. The molecule has 2 heterocycles. The summed E-state index contributed by atoms with van der Waals surface area (Å²) in [6, 6.07) is 10.2. The summed E-state index contributed by atoms with van der Waals surface area (Å²) in [6.45, 7) is 6.96. The number of hydrogen-bond acceptors (Lipinski definition) is 5. The smallest absolute Gasteiger partial charge is 0.220 e. The van der Waals surface area contributed by atoms with E-state index >= 15 is 0 Å². The van der Waals surface area contributed by atoms with E-state index in [9.17, 15) is 4.79 Å². The number of rotatable bonds is 7. The molecule has 1 saturated heterocycles. The molecule has 0 unspecified atom stereocenters. The highest BCUT2D eigenvalue weighted by Gasteiger charge is 2.19. The lowest BCUT2D eigenvalue weighted by Crippen LogP contribution is -2.48. The molecule has 1 aliphatic heterocycles. The summed E-state index contributed by atoms with van der Waals surface area (Å²) in [7, 11) is 2.15. The van der Waals surface area contributed by atoms with E-state index in [-0.39, 0.29) is 5.91 Å². The van der Waals surface area contributed by atoms with Gasteiger partial charge in [-0.15, -0.1) is 0 Å². The van der Waals surface area contributed by atoms with Crippen LogP contribution in [0.25, 0.3) is 11.4 Å². The van der Waals surface area contributed by atoms with E-state index in [0.29, 0.717) is 30.7 Å². The molecule has 2 N–H and O–H groups in total. The van der Waals surface area contributed by atoms with Crippen molar-refractivity contribution < 1.29 is 4.79 Å². The van der Waals surface area contributed by atoms with Crippen molar-refractivity contribution in [1.29, 1.82) is 0 Å². The number of nitrogens with one attached hydrogen (secondary N) is 2. The molecule has 1 fully saturated rings. The molecule has 1 amide bonds. The molecule has 0 aliphatic carbocycles. The van der Waals surface area contributed by atoms with Gasteiger partial charge < -0.3 is 10.2 Å². The van der Waals surface area contributed by atoms with E-state index in [0.717, 1.165) is 38.2 Å². The number of likely N-dealkylation sites (N-methyl/N-ethyl adjacent to an activating group) is 1. The van der Waals surface area contributed by atoms with Gasteiger partial charge in [0.2, 0.25) is 5.91 Å². The monoisotopic (exact) mass is 356 g/mol. The number of carbonyl (C=O) groups is 1. The number of amides is 1. The van der Waals surface area contributed by atoms with Gasteiger partial charge in [-0.1, -0.05) is 30.3 Å². The van der Waals surface area contributed by atoms with Crippen LogP contribution in [0.5, 0.6) is 0 Å². The lowest BCUT2D eigenvalue weighted by atomic mass is 10.1. The first-order valence-corrected chi connectivity index (χ1v) is 9.28. The lowest BCUT2D eigenvalue weighted by Gasteiger charge is -2.36. The zero-order valence-corrected chi connectivity index (χ0v) is 15.6. The number of nitrogens with zero attached hydrogens (tertiary/aromatic N) is 4. The number of benzene rings is 1. The number of H-pyrrole nitrogens is 1. The fourth-order valence-corrected chi connectivity index (χ4v) is 3.15. The van der Waals surface area contributed by atoms with Crippen LogP contribution in [0.3, 0.4) is 0 Å². The summed E-state index contributed by atoms with van der Waals surface area (Å²) in [6.07, 6.45) is 1.41. The zero-order chi connectivity index (χ0) is 18.4. The minimum Gasteiger partial charge on any atom is -0.349 e. The Morgan fingerprint density at radius 2 is 1.96 bits per heavy atom. The summed E-state index contributed by atoms with van der Waals surface area (Å²) in [5.41, 5.74) is 0.960. The Morgan fingerprint density at radius 1 is 1.23 bits per heavy atom. The molecular formula is C19H28N6O. The highest BCUT2D eigenvalue weighted by atomic mass is 16.1. The van der Waals surface area contributed by atoms with Crippen LogP contribution in [-0.2, 0) is 11.3 Å². The van der Waals surface area contributed by atoms with Crippen LogP contribution in [0.15, 0.2) is 30.3 Å². The van der Waals surface area contributed by atoms with E-state index in [1.54, 1.807) is 0 Å². The lowest BCUT2D eigenvalue weighted by molar-refractivity contribution is -0.121. The van der Waals surface area contributed by atoms with Crippen molar-refractivity contribution in [2.45, 2.75) is 32.4 Å². The van der Waals surface area contributed by atoms with Gasteiger partial charge in [0.25, 0.3) is 0 Å². The van der Waals surface area contributed by atoms with Crippen LogP contribution in [-0.4, -0.2) is 70.2 Å². The van der Waals surface area contributed by atoms with Crippen molar-refractivity contribution in [2.24, 2.45) is 0 Å². The molecule has 0 saturated carbocycles. The van der Waals surface area contributed by atoms with E-state index < -0.39 is 0 Å². The Hall–Kier alpha value is -2.25. The second-order valence-corrected chi connectivity index (χ2v) is 6.98. The SMILES string of the molecule is C[C@H](CCC(=O)NCc1nc(-c2ccccc2)n[nH]1)N1CCN(C)CC1. The summed E-state index contributed by atoms with van der Waals surface area (Å²) in [5, 5.41) is 10.0. The maximum absolute atomic E-state index is 12.1. The first-order valence-electron chi connectivity index (χ1n) is 9.28. The molecule has 140 valence electrons. The minimum atomic E-state index is 0.0589. The van der Waals surface area contributed by atoms with Crippen molar-refractivity contribution >= 4 is 5.91 Å². The highest BCUT2D eigenvalue weighted by Crippen LogP contribution is 2.13. The molecule has 1 aliphatic rings. The average Bonchev–Trinajstić information content (AvgIpc) is 3.15. The number of aromatic nitrogens is 3. The van der Waals surface area contributed by atoms with Crippen molar-refractivity contribution in [2.75, 3.05) is 33.2 Å². The Labute approximate surface area is 154 Å². The Morgan fingerprint density at radius 3 is 2.69 bits per heavy atom. The number of hydrogen-bond donors (Lipinski definition) is 2. The van der Waals surface area contributed by atoms with Gasteiger partial charge in [-0.25, -0.2) is 4.98 Å². The van der Waals surface area contributed by atoms with Gasteiger partial charge in [-0.3, -0.25) is 14.8 Å². The standard InChI is InChI=1S/C19H28N6O/c1-15(25-12-10-24(2)11-13-25)8-9-18(26)20-14-17-21-19(23-22-17)16-6-4-3-5-7-16/h3-7,15H,8-14H2,1-2H3,(H,20,26)(H,21,22,23)/t15-/m1/s1. The summed E-state index contributed by atoms with van der Waals surface area (Å²) >= 11 is 0. The van der Waals surface area contributed by atoms with Crippen LogP contribution >= 0.6 is 0 Å². The Balaban J connectivity index is 1.40. The molecule has 7 nitrogen and oxygen atoms in total. The van der Waals surface area contributed by atoms with Crippen molar-refractivity contribution in [3.8, 4) is 11.4 Å². The van der Waals surface area contributed by atoms with E-state index in [2.05, 4.69) is 44.3 Å². The molecule has 1 aromatic carbocycles. The quantitative estimate of drug-likeness (QED) is 0.786. The van der Waals surface area contributed by atoms with E-state index in [1.165, 1.54) is 0 Å². The van der Waals surface area contributed by atoms with Crippen molar-refractivity contribution in [3.63, 3.8) is 0 Å². The van der Waals surface area contributed by atoms with Gasteiger partial charge in [-0.2, -0.15) is 5.10 Å². The molecule has 26 heavy (non-hydrogen) atoms. The van der Waals surface area contributed by atoms with E-state index in [1.807, 2.05) is 30.3 Å². The van der Waals surface area contributed by atoms with E-state index in [4.69, 9.17) is 0 Å². The average molecular weight is 356 g/mol. The fourth-order valence-electron chi connectivity index (χ4n) is 3.15. The summed E-state index contributed by atoms with van der Waals surface area (Å²) in [4.78, 5) is 21.4. The number of carbonyl (C=O) groups excluding carboxylic acids is 1. The molecule has 1 aromatic heterocycles. The van der Waals surface area contributed by atoms with Crippen molar-refractivity contribution in [3.05, 3.63) is 36.2 Å². The normalized spacial score (nSPS) is 17.2. The molecule has 1 atom stereocenters. The molecule has 2 aromatic rings. The maximum atomic E-state index is 12.1. The predicted octanol–water partition coefficient (Wildman–Crippen LogP) is 1.50. The molecule has 0 bridgehead atoms. The fraction of sp³-hybridized carbons (Fsp3) is 0.526. The molecule has 0 radical (unpaired) electrons. The first-order chi connectivity index (χ1) is 12.6. The maximum Gasteiger partial charge on any atom is 0.220 e. The number of aromatic amines is 1. The first kappa shape index (κ1) is 18.5. The summed E-state index contributed by atoms with van der Waals surface area (Å²) in [5.74, 6) is 1.38. The van der Waals surface area contributed by atoms with Crippen LogP contribution in [0.1, 0.15) is 25.6 Å². The number of piperazine rings is 1. The van der Waals surface area contributed by atoms with Gasteiger partial charge in [0.05, 0.1) is 6.54 Å². The third-order valence-corrected chi connectivity index (χ3v) is 4.97. The highest BCUT2D eigenvalue weighted by molar-refractivity contribution is 5.75. The third kappa shape index (κ3) is 5.12. The van der Waals surface area contributed by atoms with Gasteiger partial charge in [0, 0.05) is 44.2 Å². The van der Waals surface area contributed by atoms with Gasteiger partial charge in [0.1, 0.15) is 5.82 Å². The summed E-state index contributed by atoms with van der Waals surface area (Å²) < 4.78 is 0. The Bertz CT molecular complexity index is 693. The zero-order valence-electron chi connectivity index (χ0n) is 15.6. The third-order valence-electron chi connectivity index (χ3n) is 4.97. The largest absolute Gasteiger partial charge is 0.349 e. The van der Waals surface area contributed by atoms with Gasteiger partial charge >= 0.3 is 0 Å². The minimum absolute atomic E-state index is 0.0589. The van der Waals surface area contributed by atoms with Crippen LogP contribution in [0.4, 0.5) is 0 Å². The molecule has 3 rings (SSSR count). The van der Waals surface area contributed by atoms with Crippen molar-refractivity contribution in [1.82, 2.24) is 30.3 Å². The topological polar surface area (TPSA) is 77.1 Å². The molecular weight excluding hydrogens is 328 g/mol. The molecule has 7 heteroatoms. The Kier molecular flexibility index (Phi) is 6.35. The van der Waals surface area contributed by atoms with Crippen LogP contribution in [0.2, 0.25) is 0 Å². The van der Waals surface area contributed by atoms with Crippen LogP contribution in [0, 0.1) is 0 Å².